The second-order valence-corrected chi connectivity index (χ2v) is 4.28. The number of methoxy groups -OCH3 is 1. The Morgan fingerprint density at radius 2 is 2.07 bits per heavy atom. The fourth-order valence-corrected chi connectivity index (χ4v) is 1.94. The molecule has 0 unspecified atom stereocenters. The molecule has 0 atom stereocenters. The van der Waals surface area contributed by atoms with Crippen LogP contribution in [-0.2, 0) is 4.74 Å². The van der Waals surface area contributed by atoms with Crippen LogP contribution >= 0.6 is 11.8 Å². The van der Waals surface area contributed by atoms with E-state index in [2.05, 4.69) is 25.3 Å². The summed E-state index contributed by atoms with van der Waals surface area (Å²) in [6, 6.07) is 8.23. The molecule has 0 radical (unpaired) electrons. The van der Waals surface area contributed by atoms with Crippen LogP contribution < -0.4 is 0 Å². The van der Waals surface area contributed by atoms with Gasteiger partial charge < -0.3 is 4.74 Å². The Balaban J connectivity index is 2.54. The van der Waals surface area contributed by atoms with Crippen LogP contribution in [0.1, 0.15) is 11.1 Å². The Kier molecular flexibility index (Phi) is 5.22. The third-order valence-corrected chi connectivity index (χ3v) is 2.99. The first-order chi connectivity index (χ1) is 7.27. The predicted octanol–water partition coefficient (Wildman–Crippen LogP) is 3.68. The Labute approximate surface area is 95.8 Å². The monoisotopic (exact) mass is 220 g/mol. The van der Waals surface area contributed by atoms with Gasteiger partial charge in [-0.15, -0.1) is 11.8 Å². The lowest BCUT2D eigenvalue weighted by molar-refractivity contribution is 0.219. The summed E-state index contributed by atoms with van der Waals surface area (Å²) in [7, 11) is 1.71. The van der Waals surface area contributed by atoms with Crippen molar-refractivity contribution in [3.8, 4) is 0 Å². The molecule has 0 heterocycles. The van der Waals surface area contributed by atoms with Gasteiger partial charge in [0.1, 0.15) is 0 Å². The van der Waals surface area contributed by atoms with Gasteiger partial charge in [-0.1, -0.05) is 43.5 Å². The number of hydrogen-bond acceptors (Lipinski definition) is 2. The molecule has 0 N–H and O–H groups in total. The SMILES string of the molecule is C=Cc1ccc(C(=C)SCCOC)cc1. The van der Waals surface area contributed by atoms with Crippen molar-refractivity contribution in [2.45, 2.75) is 0 Å². The molecule has 2 heteroatoms. The topological polar surface area (TPSA) is 9.23 Å². The highest BCUT2D eigenvalue weighted by atomic mass is 32.2. The normalized spacial score (nSPS) is 9.93. The molecule has 1 aromatic rings. The highest BCUT2D eigenvalue weighted by Crippen LogP contribution is 2.25. The van der Waals surface area contributed by atoms with Crippen molar-refractivity contribution < 1.29 is 4.74 Å². The van der Waals surface area contributed by atoms with E-state index in [0.29, 0.717) is 0 Å². The van der Waals surface area contributed by atoms with Gasteiger partial charge in [0, 0.05) is 17.8 Å². The van der Waals surface area contributed by atoms with Crippen LogP contribution in [0.5, 0.6) is 0 Å². The molecular weight excluding hydrogens is 204 g/mol. The van der Waals surface area contributed by atoms with Crippen LogP contribution in [0.4, 0.5) is 0 Å². The molecule has 0 aromatic heterocycles. The third kappa shape index (κ3) is 3.94. The lowest BCUT2D eigenvalue weighted by Gasteiger charge is -2.05. The summed E-state index contributed by atoms with van der Waals surface area (Å²) in [5.41, 5.74) is 2.30. The molecule has 0 saturated heterocycles. The Hall–Kier alpha value is -0.990. The van der Waals surface area contributed by atoms with Crippen LogP contribution in [0, 0.1) is 0 Å². The highest BCUT2D eigenvalue weighted by Gasteiger charge is 1.98. The predicted molar refractivity (Wildman–Crippen MR) is 69.9 cm³/mol. The zero-order valence-electron chi connectivity index (χ0n) is 9.03. The molecule has 0 bridgehead atoms. The van der Waals surface area contributed by atoms with Crippen molar-refractivity contribution in [2.75, 3.05) is 19.5 Å². The molecule has 0 fully saturated rings. The van der Waals surface area contributed by atoms with Crippen molar-refractivity contribution in [1.29, 1.82) is 0 Å². The fraction of sp³-hybridized carbons (Fsp3) is 0.231. The zero-order chi connectivity index (χ0) is 11.1. The molecule has 80 valence electrons. The second kappa shape index (κ2) is 6.49. The van der Waals surface area contributed by atoms with Crippen molar-refractivity contribution >= 4 is 22.7 Å². The van der Waals surface area contributed by atoms with Gasteiger partial charge in [0.25, 0.3) is 0 Å². The molecule has 0 spiro atoms. The third-order valence-electron chi connectivity index (χ3n) is 2.03. The van der Waals surface area contributed by atoms with Crippen LogP contribution in [0.2, 0.25) is 0 Å². The van der Waals surface area contributed by atoms with E-state index in [1.54, 1.807) is 18.9 Å². The van der Waals surface area contributed by atoms with Crippen LogP contribution in [0.25, 0.3) is 11.0 Å². The molecule has 15 heavy (non-hydrogen) atoms. The van der Waals surface area contributed by atoms with Gasteiger partial charge in [-0.25, -0.2) is 0 Å². The highest BCUT2D eigenvalue weighted by molar-refractivity contribution is 8.08. The lowest BCUT2D eigenvalue weighted by atomic mass is 10.1. The standard InChI is InChI=1S/C13H16OS/c1-4-12-5-7-13(8-6-12)11(2)15-10-9-14-3/h4-8H,1-2,9-10H2,3H3. The average molecular weight is 220 g/mol. The van der Waals surface area contributed by atoms with Gasteiger partial charge in [-0.3, -0.25) is 0 Å². The maximum absolute atomic E-state index is 4.99. The summed E-state index contributed by atoms with van der Waals surface area (Å²) in [5.74, 6) is 0.943. The Bertz CT molecular complexity index is 327. The molecule has 1 rings (SSSR count). The van der Waals surface area contributed by atoms with E-state index >= 15 is 0 Å². The Morgan fingerprint density at radius 3 is 2.60 bits per heavy atom. The molecule has 0 aliphatic rings. The van der Waals surface area contributed by atoms with E-state index in [4.69, 9.17) is 4.74 Å². The van der Waals surface area contributed by atoms with Crippen molar-refractivity contribution in [3.05, 3.63) is 48.6 Å². The van der Waals surface area contributed by atoms with Crippen molar-refractivity contribution in [1.82, 2.24) is 0 Å². The number of thioether (sulfide) groups is 1. The summed E-state index contributed by atoms with van der Waals surface area (Å²) in [4.78, 5) is 1.09. The van der Waals surface area contributed by atoms with Gasteiger partial charge in [0.05, 0.1) is 6.61 Å². The first kappa shape index (κ1) is 12.1. The number of benzene rings is 1. The molecule has 0 aliphatic carbocycles. The first-order valence-corrected chi connectivity index (χ1v) is 5.80. The van der Waals surface area contributed by atoms with Gasteiger partial charge in [-0.05, 0) is 11.1 Å². The lowest BCUT2D eigenvalue weighted by Crippen LogP contribution is -1.91. The molecular formula is C13H16OS. The van der Waals surface area contributed by atoms with E-state index in [0.717, 1.165) is 22.8 Å². The van der Waals surface area contributed by atoms with E-state index in [-0.39, 0.29) is 0 Å². The Morgan fingerprint density at radius 1 is 1.40 bits per heavy atom. The number of rotatable bonds is 6. The average Bonchev–Trinajstić information content (AvgIpc) is 2.29. The minimum atomic E-state index is 0.758. The van der Waals surface area contributed by atoms with Crippen molar-refractivity contribution in [3.63, 3.8) is 0 Å². The zero-order valence-corrected chi connectivity index (χ0v) is 9.85. The molecule has 0 saturated carbocycles. The minimum Gasteiger partial charge on any atom is -0.384 e. The van der Waals surface area contributed by atoms with Gasteiger partial charge in [0.15, 0.2) is 0 Å². The number of ether oxygens (including phenoxy) is 1. The molecule has 1 aromatic carbocycles. The van der Waals surface area contributed by atoms with E-state index in [1.807, 2.05) is 18.2 Å². The summed E-state index contributed by atoms with van der Waals surface area (Å²) in [5, 5.41) is 0. The fourth-order valence-electron chi connectivity index (χ4n) is 1.14. The van der Waals surface area contributed by atoms with Gasteiger partial charge in [-0.2, -0.15) is 0 Å². The van der Waals surface area contributed by atoms with Crippen molar-refractivity contribution in [2.24, 2.45) is 0 Å². The van der Waals surface area contributed by atoms with E-state index in [1.165, 1.54) is 5.56 Å². The van der Waals surface area contributed by atoms with Crippen LogP contribution in [0.3, 0.4) is 0 Å². The molecule has 0 amide bonds. The number of hydrogen-bond donors (Lipinski definition) is 0. The molecule has 0 aliphatic heterocycles. The summed E-state index contributed by atoms with van der Waals surface area (Å²) in [6.45, 7) is 8.51. The minimum absolute atomic E-state index is 0.758. The van der Waals surface area contributed by atoms with Crippen LogP contribution in [0.15, 0.2) is 37.4 Å². The second-order valence-electron chi connectivity index (χ2n) is 3.09. The maximum Gasteiger partial charge on any atom is 0.0556 e. The maximum atomic E-state index is 4.99. The van der Waals surface area contributed by atoms with Gasteiger partial charge >= 0.3 is 0 Å². The van der Waals surface area contributed by atoms with Crippen LogP contribution in [-0.4, -0.2) is 19.5 Å². The summed E-state index contributed by atoms with van der Waals surface area (Å²) >= 11 is 1.72. The van der Waals surface area contributed by atoms with Gasteiger partial charge in [0.2, 0.25) is 0 Å². The smallest absolute Gasteiger partial charge is 0.0556 e. The first-order valence-electron chi connectivity index (χ1n) is 4.81. The quantitative estimate of drug-likeness (QED) is 0.676. The summed E-state index contributed by atoms with van der Waals surface area (Å²) in [6.07, 6.45) is 1.84. The largest absolute Gasteiger partial charge is 0.384 e. The summed E-state index contributed by atoms with van der Waals surface area (Å²) < 4.78 is 4.99. The van der Waals surface area contributed by atoms with E-state index < -0.39 is 0 Å². The van der Waals surface area contributed by atoms with E-state index in [9.17, 15) is 0 Å². The molecule has 1 nitrogen and oxygen atoms in total.